The van der Waals surface area contributed by atoms with Crippen LogP contribution in [0.3, 0.4) is 0 Å². The van der Waals surface area contributed by atoms with Crippen LogP contribution in [-0.4, -0.2) is 24.6 Å². The van der Waals surface area contributed by atoms with E-state index in [1.54, 1.807) is 12.5 Å². The molecule has 1 aromatic carbocycles. The largest absolute Gasteiger partial charge is 0.472 e. The molecule has 1 fully saturated rings. The number of benzene rings is 1. The van der Waals surface area contributed by atoms with Crippen molar-refractivity contribution in [3.63, 3.8) is 0 Å². The van der Waals surface area contributed by atoms with E-state index in [4.69, 9.17) is 18.6 Å². The van der Waals surface area contributed by atoms with Gasteiger partial charge in [-0.3, -0.25) is 0 Å². The highest BCUT2D eigenvalue weighted by atomic mass is 16.8. The Morgan fingerprint density at radius 2 is 1.96 bits per heavy atom. The van der Waals surface area contributed by atoms with Gasteiger partial charge in [-0.2, -0.15) is 0 Å². The molecule has 1 aliphatic rings. The van der Waals surface area contributed by atoms with Gasteiger partial charge in [-0.15, -0.1) is 0 Å². The van der Waals surface area contributed by atoms with Crippen molar-refractivity contribution in [2.75, 3.05) is 6.61 Å². The molecule has 0 saturated carbocycles. The summed E-state index contributed by atoms with van der Waals surface area (Å²) < 4.78 is 22.9. The molecule has 0 spiro atoms. The molecular formula is C19H22O4. The number of hydrogen-bond donors (Lipinski definition) is 0. The standard InChI is InChI=1S/C19H22O4/c1-14(16-9-10-20-12-16)18-17(22-19(2,3)23-18)13-21-11-15-7-5-4-6-8-15/h4-10,12,17-18H,1,11,13H2,2-3H3/t17-,18-/m0/s1. The summed E-state index contributed by atoms with van der Waals surface area (Å²) in [5.41, 5.74) is 2.90. The fraction of sp³-hybridized carbons (Fsp3) is 0.368. The minimum absolute atomic E-state index is 0.198. The summed E-state index contributed by atoms with van der Waals surface area (Å²) in [6.45, 7) is 8.94. The molecule has 0 bridgehead atoms. The average molecular weight is 314 g/mol. The van der Waals surface area contributed by atoms with Crippen LogP contribution in [0.4, 0.5) is 0 Å². The zero-order chi connectivity index (χ0) is 16.3. The van der Waals surface area contributed by atoms with Crippen LogP contribution in [0.25, 0.3) is 5.57 Å². The van der Waals surface area contributed by atoms with Crippen LogP contribution in [0.1, 0.15) is 25.0 Å². The number of ether oxygens (including phenoxy) is 3. The molecule has 4 heteroatoms. The molecule has 2 atom stereocenters. The van der Waals surface area contributed by atoms with Crippen molar-refractivity contribution in [2.45, 2.75) is 38.4 Å². The molecule has 0 amide bonds. The Hall–Kier alpha value is -1.88. The molecule has 1 aliphatic heterocycles. The Morgan fingerprint density at radius 3 is 2.65 bits per heavy atom. The van der Waals surface area contributed by atoms with Gasteiger partial charge in [0.1, 0.15) is 12.2 Å². The van der Waals surface area contributed by atoms with E-state index in [2.05, 4.69) is 6.58 Å². The Labute approximate surface area is 136 Å². The molecule has 3 rings (SSSR count). The van der Waals surface area contributed by atoms with Crippen molar-refractivity contribution < 1.29 is 18.6 Å². The van der Waals surface area contributed by atoms with Gasteiger partial charge < -0.3 is 18.6 Å². The first-order valence-electron chi connectivity index (χ1n) is 7.74. The van der Waals surface area contributed by atoms with Crippen LogP contribution >= 0.6 is 0 Å². The second kappa shape index (κ2) is 6.71. The first kappa shape index (κ1) is 16.0. The molecule has 0 N–H and O–H groups in total. The first-order chi connectivity index (χ1) is 11.1. The summed E-state index contributed by atoms with van der Waals surface area (Å²) in [7, 11) is 0. The van der Waals surface area contributed by atoms with Gasteiger partial charge in [0.2, 0.25) is 0 Å². The molecule has 122 valence electrons. The molecule has 0 aliphatic carbocycles. The number of rotatable bonds is 6. The number of hydrogen-bond acceptors (Lipinski definition) is 4. The molecule has 2 aromatic rings. The van der Waals surface area contributed by atoms with Crippen LogP contribution in [0, 0.1) is 0 Å². The van der Waals surface area contributed by atoms with E-state index >= 15 is 0 Å². The van der Waals surface area contributed by atoms with E-state index in [1.807, 2.05) is 50.2 Å². The Balaban J connectivity index is 1.62. The molecule has 1 aromatic heterocycles. The lowest BCUT2D eigenvalue weighted by Gasteiger charge is -2.18. The van der Waals surface area contributed by atoms with Crippen molar-refractivity contribution in [3.8, 4) is 0 Å². The highest BCUT2D eigenvalue weighted by molar-refractivity contribution is 5.66. The van der Waals surface area contributed by atoms with Crippen molar-refractivity contribution in [2.24, 2.45) is 0 Å². The van der Waals surface area contributed by atoms with Crippen molar-refractivity contribution in [1.29, 1.82) is 0 Å². The lowest BCUT2D eigenvalue weighted by molar-refractivity contribution is -0.148. The molecule has 4 nitrogen and oxygen atoms in total. The van der Waals surface area contributed by atoms with E-state index in [1.165, 1.54) is 0 Å². The predicted octanol–water partition coefficient (Wildman–Crippen LogP) is 4.03. The maximum Gasteiger partial charge on any atom is 0.164 e. The zero-order valence-corrected chi connectivity index (χ0v) is 13.5. The summed E-state index contributed by atoms with van der Waals surface area (Å²) in [4.78, 5) is 0. The van der Waals surface area contributed by atoms with Crippen molar-refractivity contribution >= 4 is 5.57 Å². The smallest absolute Gasteiger partial charge is 0.164 e. The SMILES string of the molecule is C=C(c1ccoc1)[C@@H]1OC(C)(C)O[C@H]1COCc1ccccc1. The minimum Gasteiger partial charge on any atom is -0.472 e. The van der Waals surface area contributed by atoms with E-state index in [9.17, 15) is 0 Å². The van der Waals surface area contributed by atoms with E-state index in [0.29, 0.717) is 13.2 Å². The van der Waals surface area contributed by atoms with Crippen LogP contribution in [-0.2, 0) is 20.8 Å². The van der Waals surface area contributed by atoms with Gasteiger partial charge >= 0.3 is 0 Å². The highest BCUT2D eigenvalue weighted by Gasteiger charge is 2.43. The Bertz CT molecular complexity index is 631. The van der Waals surface area contributed by atoms with Gasteiger partial charge in [0.05, 0.1) is 25.7 Å². The summed E-state index contributed by atoms with van der Waals surface area (Å²) >= 11 is 0. The molecule has 0 unspecified atom stereocenters. The first-order valence-corrected chi connectivity index (χ1v) is 7.74. The van der Waals surface area contributed by atoms with Gasteiger partial charge in [0.25, 0.3) is 0 Å². The maximum atomic E-state index is 6.01. The van der Waals surface area contributed by atoms with Crippen LogP contribution in [0.2, 0.25) is 0 Å². The maximum absolute atomic E-state index is 6.01. The summed E-state index contributed by atoms with van der Waals surface area (Å²) in [5, 5.41) is 0. The van der Waals surface area contributed by atoms with E-state index in [-0.39, 0.29) is 12.2 Å². The second-order valence-corrected chi connectivity index (χ2v) is 6.13. The van der Waals surface area contributed by atoms with Gasteiger partial charge in [0.15, 0.2) is 5.79 Å². The Morgan fingerprint density at radius 1 is 1.17 bits per heavy atom. The summed E-state index contributed by atoms with van der Waals surface area (Å²) in [5.74, 6) is -0.655. The van der Waals surface area contributed by atoms with Crippen molar-refractivity contribution in [1.82, 2.24) is 0 Å². The fourth-order valence-corrected chi connectivity index (χ4v) is 2.73. The third-order valence-electron chi connectivity index (χ3n) is 3.81. The minimum atomic E-state index is -0.655. The fourth-order valence-electron chi connectivity index (χ4n) is 2.73. The Kier molecular flexibility index (Phi) is 4.66. The quantitative estimate of drug-likeness (QED) is 0.807. The topological polar surface area (TPSA) is 40.8 Å². The third-order valence-corrected chi connectivity index (χ3v) is 3.81. The highest BCUT2D eigenvalue weighted by Crippen LogP contribution is 2.35. The monoisotopic (exact) mass is 314 g/mol. The van der Waals surface area contributed by atoms with Gasteiger partial charge in [-0.1, -0.05) is 36.9 Å². The van der Waals surface area contributed by atoms with Crippen LogP contribution in [0.15, 0.2) is 59.9 Å². The third kappa shape index (κ3) is 3.91. The predicted molar refractivity (Wildman–Crippen MR) is 87.7 cm³/mol. The van der Waals surface area contributed by atoms with E-state index in [0.717, 1.165) is 16.7 Å². The lowest BCUT2D eigenvalue weighted by atomic mass is 10.0. The van der Waals surface area contributed by atoms with Gasteiger partial charge in [-0.25, -0.2) is 0 Å². The molecule has 1 saturated heterocycles. The van der Waals surface area contributed by atoms with Crippen LogP contribution < -0.4 is 0 Å². The number of furan rings is 1. The molecule has 2 heterocycles. The second-order valence-electron chi connectivity index (χ2n) is 6.13. The van der Waals surface area contributed by atoms with Gasteiger partial charge in [0, 0.05) is 5.56 Å². The molecule has 0 radical (unpaired) electrons. The molecule has 23 heavy (non-hydrogen) atoms. The zero-order valence-electron chi connectivity index (χ0n) is 13.5. The van der Waals surface area contributed by atoms with Crippen molar-refractivity contribution in [3.05, 3.63) is 66.6 Å². The molecular weight excluding hydrogens is 292 g/mol. The van der Waals surface area contributed by atoms with Crippen LogP contribution in [0.5, 0.6) is 0 Å². The lowest BCUT2D eigenvalue weighted by Crippen LogP contribution is -2.28. The summed E-state index contributed by atoms with van der Waals surface area (Å²) in [6, 6.07) is 11.9. The average Bonchev–Trinajstić information content (AvgIpc) is 3.15. The normalized spacial score (nSPS) is 23.0. The van der Waals surface area contributed by atoms with Gasteiger partial charge in [-0.05, 0) is 31.1 Å². The van der Waals surface area contributed by atoms with E-state index < -0.39 is 5.79 Å². The summed E-state index contributed by atoms with van der Waals surface area (Å²) in [6.07, 6.45) is 2.84.